The summed E-state index contributed by atoms with van der Waals surface area (Å²) in [6, 6.07) is 17.6. The molecule has 1 amide bonds. The second kappa shape index (κ2) is 6.01. The molecule has 1 N–H and O–H groups in total. The van der Waals surface area contributed by atoms with Crippen LogP contribution in [0.2, 0.25) is 0 Å². The summed E-state index contributed by atoms with van der Waals surface area (Å²) in [6.07, 6.45) is 1.62. The molecule has 0 bridgehead atoms. The molecule has 2 aromatic carbocycles. The zero-order chi connectivity index (χ0) is 13.7. The number of rotatable bonds is 3. The number of amides is 1. The number of carbonyl (C=O) groups is 1. The monoisotopic (exact) mass is 251 g/mol. The Morgan fingerprint density at radius 3 is 2.26 bits per heavy atom. The number of nitrogens with one attached hydrogen (secondary N) is 1. The molecule has 0 fully saturated rings. The van der Waals surface area contributed by atoms with Crippen LogP contribution in [0.3, 0.4) is 0 Å². The number of hydrogen-bond acceptors (Lipinski definition) is 1. The average Bonchev–Trinajstić information content (AvgIpc) is 2.42. The molecule has 0 radical (unpaired) electrons. The Labute approximate surface area is 113 Å². The molecular formula is C17H17NO. The third-order valence-electron chi connectivity index (χ3n) is 2.90. The molecule has 0 atom stereocenters. The van der Waals surface area contributed by atoms with E-state index in [0.29, 0.717) is 0 Å². The van der Waals surface area contributed by atoms with Gasteiger partial charge in [0, 0.05) is 11.8 Å². The van der Waals surface area contributed by atoms with E-state index < -0.39 is 0 Å². The normalized spacial score (nSPS) is 11.2. The highest BCUT2D eigenvalue weighted by atomic mass is 16.1. The van der Waals surface area contributed by atoms with E-state index in [1.807, 2.05) is 68.4 Å². The van der Waals surface area contributed by atoms with Crippen LogP contribution in [0.1, 0.15) is 18.1 Å². The molecule has 0 unspecified atom stereocenters. The van der Waals surface area contributed by atoms with Crippen LogP contribution >= 0.6 is 0 Å². The molecule has 0 aliphatic carbocycles. The molecule has 2 rings (SSSR count). The zero-order valence-electron chi connectivity index (χ0n) is 11.2. The Kier molecular flexibility index (Phi) is 4.14. The lowest BCUT2D eigenvalue weighted by Crippen LogP contribution is -2.08. The lowest BCUT2D eigenvalue weighted by molar-refractivity contribution is -0.111. The zero-order valence-corrected chi connectivity index (χ0v) is 11.2. The van der Waals surface area contributed by atoms with Crippen LogP contribution in [-0.4, -0.2) is 5.91 Å². The van der Waals surface area contributed by atoms with Crippen molar-refractivity contribution in [1.82, 2.24) is 0 Å². The highest BCUT2D eigenvalue weighted by molar-refractivity contribution is 6.03. The van der Waals surface area contributed by atoms with E-state index in [1.165, 1.54) is 5.56 Å². The maximum Gasteiger partial charge on any atom is 0.248 e. The predicted octanol–water partition coefficient (Wildman–Crippen LogP) is 4.04. The molecule has 0 aliphatic rings. The first-order valence-electron chi connectivity index (χ1n) is 6.26. The van der Waals surface area contributed by atoms with Crippen molar-refractivity contribution in [1.29, 1.82) is 0 Å². The van der Waals surface area contributed by atoms with Crippen LogP contribution in [0, 0.1) is 6.92 Å². The number of hydrogen-bond donors (Lipinski definition) is 1. The summed E-state index contributed by atoms with van der Waals surface area (Å²) in [7, 11) is 0. The Balaban J connectivity index is 2.07. The number of anilines is 1. The summed E-state index contributed by atoms with van der Waals surface area (Å²) >= 11 is 0. The van der Waals surface area contributed by atoms with Crippen molar-refractivity contribution in [3.8, 4) is 0 Å². The fraction of sp³-hybridized carbons (Fsp3) is 0.118. The minimum absolute atomic E-state index is 0.106. The smallest absolute Gasteiger partial charge is 0.248 e. The van der Waals surface area contributed by atoms with E-state index in [1.54, 1.807) is 6.08 Å². The molecule has 2 aromatic rings. The molecular weight excluding hydrogens is 234 g/mol. The number of benzene rings is 2. The van der Waals surface area contributed by atoms with Gasteiger partial charge in [0.1, 0.15) is 0 Å². The van der Waals surface area contributed by atoms with Crippen LogP contribution in [0.15, 0.2) is 60.7 Å². The molecule has 96 valence electrons. The third-order valence-corrected chi connectivity index (χ3v) is 2.90. The van der Waals surface area contributed by atoms with Crippen molar-refractivity contribution >= 4 is 17.2 Å². The van der Waals surface area contributed by atoms with Crippen LogP contribution in [-0.2, 0) is 4.79 Å². The lowest BCUT2D eigenvalue weighted by Gasteiger charge is -2.04. The summed E-state index contributed by atoms with van der Waals surface area (Å²) in [5.41, 5.74) is 3.99. The van der Waals surface area contributed by atoms with Gasteiger partial charge in [0.2, 0.25) is 5.91 Å². The summed E-state index contributed by atoms with van der Waals surface area (Å²) in [4.78, 5) is 11.9. The van der Waals surface area contributed by atoms with Crippen molar-refractivity contribution < 1.29 is 4.79 Å². The van der Waals surface area contributed by atoms with Crippen LogP contribution in [0.5, 0.6) is 0 Å². The van der Waals surface area contributed by atoms with Crippen molar-refractivity contribution in [3.63, 3.8) is 0 Å². The van der Waals surface area contributed by atoms with E-state index >= 15 is 0 Å². The van der Waals surface area contributed by atoms with Gasteiger partial charge in [0.15, 0.2) is 0 Å². The lowest BCUT2D eigenvalue weighted by atomic mass is 10.1. The SMILES string of the molecule is C/C(=C\C(=O)Nc1ccc(C)cc1)c1ccccc1. The molecule has 0 aliphatic heterocycles. The molecule has 0 spiro atoms. The van der Waals surface area contributed by atoms with E-state index in [4.69, 9.17) is 0 Å². The second-order valence-corrected chi connectivity index (χ2v) is 4.55. The van der Waals surface area contributed by atoms with Gasteiger partial charge in [-0.2, -0.15) is 0 Å². The van der Waals surface area contributed by atoms with Gasteiger partial charge in [-0.15, -0.1) is 0 Å². The van der Waals surface area contributed by atoms with Gasteiger partial charge in [0.25, 0.3) is 0 Å². The molecule has 2 heteroatoms. The third kappa shape index (κ3) is 3.81. The van der Waals surface area contributed by atoms with Gasteiger partial charge < -0.3 is 5.32 Å². The quantitative estimate of drug-likeness (QED) is 0.820. The van der Waals surface area contributed by atoms with Crippen molar-refractivity contribution in [3.05, 3.63) is 71.8 Å². The molecule has 2 nitrogen and oxygen atoms in total. The Hall–Kier alpha value is -2.35. The molecule has 0 heterocycles. The molecule has 19 heavy (non-hydrogen) atoms. The Morgan fingerprint density at radius 2 is 1.63 bits per heavy atom. The Bertz CT molecular complexity index is 582. The highest BCUT2D eigenvalue weighted by Gasteiger charge is 2.01. The summed E-state index contributed by atoms with van der Waals surface area (Å²) in [5, 5.41) is 2.85. The number of allylic oxidation sites excluding steroid dienone is 1. The summed E-state index contributed by atoms with van der Waals surface area (Å²) in [5.74, 6) is -0.106. The largest absolute Gasteiger partial charge is 0.323 e. The minimum atomic E-state index is -0.106. The first-order chi connectivity index (χ1) is 9.15. The van der Waals surface area contributed by atoms with Gasteiger partial charge in [-0.3, -0.25) is 4.79 Å². The summed E-state index contributed by atoms with van der Waals surface area (Å²) < 4.78 is 0. The van der Waals surface area contributed by atoms with Crippen LogP contribution in [0.25, 0.3) is 5.57 Å². The van der Waals surface area contributed by atoms with Gasteiger partial charge in [0.05, 0.1) is 0 Å². The topological polar surface area (TPSA) is 29.1 Å². The first kappa shape index (κ1) is 13.1. The van der Waals surface area contributed by atoms with Crippen LogP contribution < -0.4 is 5.32 Å². The first-order valence-corrected chi connectivity index (χ1v) is 6.26. The fourth-order valence-electron chi connectivity index (χ4n) is 1.80. The summed E-state index contributed by atoms with van der Waals surface area (Å²) in [6.45, 7) is 3.95. The van der Waals surface area contributed by atoms with Gasteiger partial charge >= 0.3 is 0 Å². The highest BCUT2D eigenvalue weighted by Crippen LogP contribution is 2.14. The van der Waals surface area contributed by atoms with E-state index in [9.17, 15) is 4.79 Å². The van der Waals surface area contributed by atoms with Crippen molar-refractivity contribution in [2.45, 2.75) is 13.8 Å². The Morgan fingerprint density at radius 1 is 1.00 bits per heavy atom. The number of aryl methyl sites for hydroxylation is 1. The van der Waals surface area contributed by atoms with Gasteiger partial charge in [-0.25, -0.2) is 0 Å². The number of carbonyl (C=O) groups excluding carboxylic acids is 1. The maximum atomic E-state index is 11.9. The van der Waals surface area contributed by atoms with E-state index in [0.717, 1.165) is 16.8 Å². The molecule has 0 aromatic heterocycles. The molecule has 0 saturated heterocycles. The minimum Gasteiger partial charge on any atom is -0.323 e. The fourth-order valence-corrected chi connectivity index (χ4v) is 1.80. The maximum absolute atomic E-state index is 11.9. The van der Waals surface area contributed by atoms with Crippen molar-refractivity contribution in [2.24, 2.45) is 0 Å². The van der Waals surface area contributed by atoms with Gasteiger partial charge in [-0.05, 0) is 37.1 Å². The average molecular weight is 251 g/mol. The standard InChI is InChI=1S/C17H17NO/c1-13-8-10-16(11-9-13)18-17(19)12-14(2)15-6-4-3-5-7-15/h3-12H,1-2H3,(H,18,19)/b14-12+. The van der Waals surface area contributed by atoms with E-state index in [2.05, 4.69) is 5.32 Å². The van der Waals surface area contributed by atoms with Crippen LogP contribution in [0.4, 0.5) is 5.69 Å². The van der Waals surface area contributed by atoms with E-state index in [-0.39, 0.29) is 5.91 Å². The predicted molar refractivity (Wildman–Crippen MR) is 79.9 cm³/mol. The second-order valence-electron chi connectivity index (χ2n) is 4.55. The van der Waals surface area contributed by atoms with Crippen molar-refractivity contribution in [2.75, 3.05) is 5.32 Å². The molecule has 0 saturated carbocycles. The van der Waals surface area contributed by atoms with Gasteiger partial charge in [-0.1, -0.05) is 48.0 Å².